The van der Waals surface area contributed by atoms with Gasteiger partial charge in [-0.1, -0.05) is 12.1 Å². The standard InChI is InChI=1S/C25H25NO10S/c1-15-12-22(27)33-21-14-18(10-11-19(15)21)36-37(30,31)35-17-8-6-16(7-9-17)13-20(23(28)32-5)26-24(29)34-25(2,3)4/h6-14H,1-5H3,(H,26,29)/b20-13-. The van der Waals surface area contributed by atoms with E-state index in [2.05, 4.69) is 10.1 Å². The van der Waals surface area contributed by atoms with E-state index in [4.69, 9.17) is 17.5 Å². The maximum atomic E-state index is 12.4. The summed E-state index contributed by atoms with van der Waals surface area (Å²) in [5.74, 6) is -1.01. The van der Waals surface area contributed by atoms with Crippen molar-refractivity contribution in [3.05, 3.63) is 75.8 Å². The Labute approximate surface area is 212 Å². The van der Waals surface area contributed by atoms with E-state index in [1.807, 2.05) is 0 Å². The third-order valence-electron chi connectivity index (χ3n) is 4.55. The molecule has 12 heteroatoms. The molecule has 0 aliphatic heterocycles. The Bertz CT molecular complexity index is 1510. The van der Waals surface area contributed by atoms with Crippen LogP contribution in [0.3, 0.4) is 0 Å². The van der Waals surface area contributed by atoms with Crippen LogP contribution in [0.25, 0.3) is 17.0 Å². The first-order chi connectivity index (χ1) is 17.2. The van der Waals surface area contributed by atoms with Crippen LogP contribution in [0.15, 0.2) is 63.4 Å². The van der Waals surface area contributed by atoms with E-state index in [0.717, 1.165) is 7.11 Å². The molecule has 11 nitrogen and oxygen atoms in total. The van der Waals surface area contributed by atoms with Gasteiger partial charge < -0.3 is 22.3 Å². The third kappa shape index (κ3) is 7.84. The van der Waals surface area contributed by atoms with Crippen LogP contribution in [0.2, 0.25) is 0 Å². The molecule has 3 aromatic rings. The van der Waals surface area contributed by atoms with Gasteiger partial charge in [0.05, 0.1) is 7.11 Å². The summed E-state index contributed by atoms with van der Waals surface area (Å²) in [4.78, 5) is 35.7. The van der Waals surface area contributed by atoms with Crippen LogP contribution in [0.1, 0.15) is 31.9 Å². The molecule has 37 heavy (non-hydrogen) atoms. The summed E-state index contributed by atoms with van der Waals surface area (Å²) in [6.45, 7) is 6.73. The van der Waals surface area contributed by atoms with Gasteiger partial charge in [0.25, 0.3) is 0 Å². The highest BCUT2D eigenvalue weighted by Gasteiger charge is 2.21. The van der Waals surface area contributed by atoms with E-state index < -0.39 is 33.7 Å². The van der Waals surface area contributed by atoms with Crippen molar-refractivity contribution in [2.75, 3.05) is 7.11 Å². The molecule has 0 fully saturated rings. The van der Waals surface area contributed by atoms with E-state index in [-0.39, 0.29) is 22.8 Å². The van der Waals surface area contributed by atoms with Gasteiger partial charge >= 0.3 is 28.1 Å². The number of hydrogen-bond donors (Lipinski definition) is 1. The minimum atomic E-state index is -4.55. The molecule has 1 heterocycles. The fraction of sp³-hybridized carbons (Fsp3) is 0.240. The average Bonchev–Trinajstić information content (AvgIpc) is 2.77. The van der Waals surface area contributed by atoms with Gasteiger partial charge in [0, 0.05) is 17.5 Å². The molecule has 0 saturated heterocycles. The molecule has 0 unspecified atom stereocenters. The van der Waals surface area contributed by atoms with E-state index in [9.17, 15) is 22.8 Å². The lowest BCUT2D eigenvalue weighted by Crippen LogP contribution is -2.34. The second kappa shape index (κ2) is 10.7. The smallest absolute Gasteiger partial charge is 0.464 e. The van der Waals surface area contributed by atoms with Gasteiger partial charge in [0.2, 0.25) is 0 Å². The zero-order valence-electron chi connectivity index (χ0n) is 20.7. The van der Waals surface area contributed by atoms with Gasteiger partial charge in [-0.05, 0) is 69.2 Å². The number of nitrogens with one attached hydrogen (secondary N) is 1. The maximum Gasteiger partial charge on any atom is 0.500 e. The lowest BCUT2D eigenvalue weighted by Gasteiger charge is -2.20. The molecular weight excluding hydrogens is 506 g/mol. The number of amides is 1. The van der Waals surface area contributed by atoms with Crippen LogP contribution in [-0.2, 0) is 24.7 Å². The number of benzene rings is 2. The summed E-state index contributed by atoms with van der Waals surface area (Å²) >= 11 is 0. The lowest BCUT2D eigenvalue weighted by molar-refractivity contribution is -0.136. The summed E-state index contributed by atoms with van der Waals surface area (Å²) in [7, 11) is -3.39. The predicted molar refractivity (Wildman–Crippen MR) is 133 cm³/mol. The molecule has 0 aliphatic rings. The van der Waals surface area contributed by atoms with Crippen LogP contribution >= 0.6 is 0 Å². The topological polar surface area (TPSA) is 147 Å². The van der Waals surface area contributed by atoms with Crippen LogP contribution in [0.5, 0.6) is 11.5 Å². The Morgan fingerprint density at radius 1 is 0.973 bits per heavy atom. The van der Waals surface area contributed by atoms with Crippen molar-refractivity contribution in [3.8, 4) is 11.5 Å². The molecule has 0 radical (unpaired) electrons. The second-order valence-electron chi connectivity index (χ2n) is 8.73. The zero-order valence-corrected chi connectivity index (χ0v) is 21.5. The Hall–Kier alpha value is -4.32. The molecule has 3 rings (SSSR count). The summed E-state index contributed by atoms with van der Waals surface area (Å²) < 4.78 is 49.6. The largest absolute Gasteiger partial charge is 0.500 e. The molecule has 0 saturated carbocycles. The Balaban J connectivity index is 1.74. The number of ether oxygens (including phenoxy) is 2. The molecule has 1 aromatic heterocycles. The first-order valence-corrected chi connectivity index (χ1v) is 12.2. The lowest BCUT2D eigenvalue weighted by atomic mass is 10.1. The number of fused-ring (bicyclic) bond motifs is 1. The van der Waals surface area contributed by atoms with Gasteiger partial charge in [-0.25, -0.2) is 14.4 Å². The summed E-state index contributed by atoms with van der Waals surface area (Å²) in [6.07, 6.45) is 0.463. The van der Waals surface area contributed by atoms with Crippen molar-refractivity contribution in [1.29, 1.82) is 0 Å². The second-order valence-corrected chi connectivity index (χ2v) is 9.88. The third-order valence-corrected chi connectivity index (χ3v) is 5.34. The highest BCUT2D eigenvalue weighted by molar-refractivity contribution is 7.82. The van der Waals surface area contributed by atoms with Crippen molar-refractivity contribution in [2.24, 2.45) is 0 Å². The van der Waals surface area contributed by atoms with Crippen molar-refractivity contribution in [1.82, 2.24) is 5.32 Å². The Morgan fingerprint density at radius 3 is 2.22 bits per heavy atom. The zero-order chi connectivity index (χ0) is 27.4. The van der Waals surface area contributed by atoms with Gasteiger partial charge in [-0.15, -0.1) is 8.42 Å². The SMILES string of the molecule is COC(=O)/C(=C/c1ccc(OS(=O)(=O)Oc2ccc3c(C)cc(=O)oc3c2)cc1)NC(=O)OC(C)(C)C. The highest BCUT2D eigenvalue weighted by Crippen LogP contribution is 2.24. The molecule has 1 N–H and O–H groups in total. The molecule has 0 aliphatic carbocycles. The maximum absolute atomic E-state index is 12.4. The average molecular weight is 532 g/mol. The first kappa shape index (κ1) is 27.3. The van der Waals surface area contributed by atoms with Crippen LogP contribution in [0.4, 0.5) is 4.79 Å². The Kier molecular flexibility index (Phi) is 7.92. The van der Waals surface area contributed by atoms with E-state index in [1.54, 1.807) is 33.8 Å². The van der Waals surface area contributed by atoms with E-state index >= 15 is 0 Å². The monoisotopic (exact) mass is 531 g/mol. The summed E-state index contributed by atoms with van der Waals surface area (Å²) in [5, 5.41) is 2.95. The number of hydrogen-bond acceptors (Lipinski definition) is 10. The molecule has 196 valence electrons. The highest BCUT2D eigenvalue weighted by atomic mass is 32.3. The Morgan fingerprint density at radius 2 is 1.59 bits per heavy atom. The van der Waals surface area contributed by atoms with E-state index in [0.29, 0.717) is 16.5 Å². The minimum absolute atomic E-state index is 0.0833. The van der Waals surface area contributed by atoms with Crippen molar-refractivity contribution >= 4 is 39.5 Å². The number of rotatable bonds is 7. The summed E-state index contributed by atoms with van der Waals surface area (Å²) in [6, 6.07) is 11.1. The van der Waals surface area contributed by atoms with Crippen LogP contribution in [0, 0.1) is 6.92 Å². The molecule has 0 bridgehead atoms. The number of methoxy groups -OCH3 is 1. The van der Waals surface area contributed by atoms with Crippen molar-refractivity contribution in [3.63, 3.8) is 0 Å². The van der Waals surface area contributed by atoms with Gasteiger partial charge in [-0.3, -0.25) is 5.32 Å². The van der Waals surface area contributed by atoms with Gasteiger partial charge in [-0.2, -0.15) is 0 Å². The fourth-order valence-corrected chi connectivity index (χ4v) is 3.79. The molecule has 0 atom stereocenters. The van der Waals surface area contributed by atoms with Gasteiger partial charge in [0.15, 0.2) is 0 Å². The number of carbonyl (C=O) groups excluding carboxylic acids is 2. The quantitative estimate of drug-likeness (QED) is 0.271. The minimum Gasteiger partial charge on any atom is -0.464 e. The van der Waals surface area contributed by atoms with Crippen molar-refractivity contribution < 1.29 is 40.3 Å². The number of aryl methyl sites for hydroxylation is 1. The molecule has 2 aromatic carbocycles. The molecule has 0 spiro atoms. The van der Waals surface area contributed by atoms with Gasteiger partial charge in [0.1, 0.15) is 28.4 Å². The van der Waals surface area contributed by atoms with Crippen molar-refractivity contribution in [2.45, 2.75) is 33.3 Å². The predicted octanol–water partition coefficient (Wildman–Crippen LogP) is 3.84. The first-order valence-electron chi connectivity index (χ1n) is 10.8. The number of carbonyl (C=O) groups is 2. The van der Waals surface area contributed by atoms with Crippen LogP contribution < -0.4 is 19.3 Å². The van der Waals surface area contributed by atoms with Crippen LogP contribution in [-0.4, -0.2) is 33.2 Å². The molecule has 1 amide bonds. The fourth-order valence-electron chi connectivity index (χ4n) is 3.07. The molecular formula is C25H25NO10S. The number of alkyl carbamates (subject to hydrolysis) is 1. The summed E-state index contributed by atoms with van der Waals surface area (Å²) in [5.41, 5.74) is -0.302. The number of esters is 1. The van der Waals surface area contributed by atoms with E-state index in [1.165, 1.54) is 48.5 Å². The normalized spacial score (nSPS) is 12.1.